The van der Waals surface area contributed by atoms with Crippen molar-refractivity contribution in [2.75, 3.05) is 0 Å². The number of aromatic carboxylic acids is 1. The van der Waals surface area contributed by atoms with Crippen molar-refractivity contribution < 1.29 is 14.7 Å². The van der Waals surface area contributed by atoms with Crippen molar-refractivity contribution in [2.24, 2.45) is 5.92 Å². The number of carbonyl (C=O) groups excluding carboxylic acids is 1. The smallest absolute Gasteiger partial charge is 0.335 e. The third-order valence-corrected chi connectivity index (χ3v) is 2.61. The molecule has 4 heteroatoms. The summed E-state index contributed by atoms with van der Waals surface area (Å²) >= 11 is 0. The Morgan fingerprint density at radius 3 is 2.67 bits per heavy atom. The number of benzene rings is 1. The van der Waals surface area contributed by atoms with Crippen LogP contribution in [0.15, 0.2) is 24.3 Å². The van der Waals surface area contributed by atoms with Gasteiger partial charge in [-0.15, -0.1) is 0 Å². The van der Waals surface area contributed by atoms with Crippen molar-refractivity contribution in [1.29, 1.82) is 0 Å². The Morgan fingerprint density at radius 1 is 1.33 bits per heavy atom. The van der Waals surface area contributed by atoms with Crippen LogP contribution in [0.3, 0.4) is 0 Å². The lowest BCUT2D eigenvalue weighted by Gasteiger charge is -2.07. The van der Waals surface area contributed by atoms with Crippen LogP contribution in [-0.4, -0.2) is 17.0 Å². The van der Waals surface area contributed by atoms with Crippen LogP contribution in [-0.2, 0) is 11.3 Å². The van der Waals surface area contributed by atoms with Gasteiger partial charge in [-0.1, -0.05) is 26.0 Å². The van der Waals surface area contributed by atoms with Crippen LogP contribution in [0.25, 0.3) is 0 Å². The fourth-order valence-corrected chi connectivity index (χ4v) is 1.52. The number of nitrogens with one attached hydrogen (secondary N) is 1. The van der Waals surface area contributed by atoms with Crippen molar-refractivity contribution >= 4 is 11.9 Å². The largest absolute Gasteiger partial charge is 0.478 e. The second kappa shape index (κ2) is 6.79. The SMILES string of the molecule is CC(C)CCC(=O)NCc1cccc(C(=O)O)c1. The highest BCUT2D eigenvalue weighted by Crippen LogP contribution is 2.06. The molecule has 1 rings (SSSR count). The van der Waals surface area contributed by atoms with Gasteiger partial charge >= 0.3 is 5.97 Å². The number of hydrogen-bond donors (Lipinski definition) is 2. The Labute approximate surface area is 107 Å². The zero-order valence-corrected chi connectivity index (χ0v) is 10.8. The first-order chi connectivity index (χ1) is 8.49. The van der Waals surface area contributed by atoms with E-state index >= 15 is 0 Å². The Balaban J connectivity index is 2.46. The van der Waals surface area contributed by atoms with Crippen LogP contribution < -0.4 is 5.32 Å². The minimum absolute atomic E-state index is 0.00410. The van der Waals surface area contributed by atoms with Gasteiger partial charge in [0.05, 0.1) is 5.56 Å². The van der Waals surface area contributed by atoms with Gasteiger partial charge in [0, 0.05) is 13.0 Å². The molecule has 0 atom stereocenters. The van der Waals surface area contributed by atoms with Crippen molar-refractivity contribution in [1.82, 2.24) is 5.32 Å². The maximum Gasteiger partial charge on any atom is 0.335 e. The van der Waals surface area contributed by atoms with Gasteiger partial charge in [-0.2, -0.15) is 0 Å². The maximum atomic E-state index is 11.5. The number of rotatable bonds is 6. The van der Waals surface area contributed by atoms with Gasteiger partial charge in [0.1, 0.15) is 0 Å². The summed E-state index contributed by atoms with van der Waals surface area (Å²) in [5, 5.41) is 11.6. The zero-order chi connectivity index (χ0) is 13.5. The lowest BCUT2D eigenvalue weighted by Crippen LogP contribution is -2.22. The molecule has 0 spiro atoms. The van der Waals surface area contributed by atoms with Crippen molar-refractivity contribution in [2.45, 2.75) is 33.2 Å². The van der Waals surface area contributed by atoms with Crippen molar-refractivity contribution in [3.8, 4) is 0 Å². The summed E-state index contributed by atoms with van der Waals surface area (Å²) in [6.07, 6.45) is 1.37. The summed E-state index contributed by atoms with van der Waals surface area (Å²) in [4.78, 5) is 22.3. The van der Waals surface area contributed by atoms with Crippen LogP contribution in [0.1, 0.15) is 42.6 Å². The van der Waals surface area contributed by atoms with E-state index in [1.807, 2.05) is 0 Å². The fraction of sp³-hybridized carbons (Fsp3) is 0.429. The van der Waals surface area contributed by atoms with Gasteiger partial charge in [-0.3, -0.25) is 4.79 Å². The Kier molecular flexibility index (Phi) is 5.36. The van der Waals surface area contributed by atoms with E-state index in [9.17, 15) is 9.59 Å². The number of carboxylic acid groups (broad SMARTS) is 1. The number of amides is 1. The molecule has 1 aromatic rings. The molecule has 1 aromatic carbocycles. The summed E-state index contributed by atoms with van der Waals surface area (Å²) in [5.74, 6) is -0.446. The molecule has 0 bridgehead atoms. The molecular formula is C14H19NO3. The molecule has 0 aliphatic carbocycles. The quantitative estimate of drug-likeness (QED) is 0.813. The van der Waals surface area contributed by atoms with E-state index in [2.05, 4.69) is 19.2 Å². The molecular weight excluding hydrogens is 230 g/mol. The number of hydrogen-bond acceptors (Lipinski definition) is 2. The van der Waals surface area contributed by atoms with Gasteiger partial charge in [0.2, 0.25) is 5.91 Å². The molecule has 1 amide bonds. The topological polar surface area (TPSA) is 66.4 Å². The highest BCUT2D eigenvalue weighted by Gasteiger charge is 2.05. The molecule has 0 saturated heterocycles. The third-order valence-electron chi connectivity index (χ3n) is 2.61. The van der Waals surface area contributed by atoms with Gasteiger partial charge < -0.3 is 10.4 Å². The standard InChI is InChI=1S/C14H19NO3/c1-10(2)6-7-13(16)15-9-11-4-3-5-12(8-11)14(17)18/h3-5,8,10H,6-7,9H2,1-2H3,(H,15,16)(H,17,18). The van der Waals surface area contributed by atoms with Crippen molar-refractivity contribution in [3.05, 3.63) is 35.4 Å². The highest BCUT2D eigenvalue weighted by atomic mass is 16.4. The lowest BCUT2D eigenvalue weighted by molar-refractivity contribution is -0.121. The van der Waals surface area contributed by atoms with E-state index in [-0.39, 0.29) is 11.5 Å². The average Bonchev–Trinajstić information content (AvgIpc) is 2.34. The van der Waals surface area contributed by atoms with Gasteiger partial charge in [-0.25, -0.2) is 4.79 Å². The molecule has 0 aliphatic rings. The molecule has 2 N–H and O–H groups in total. The summed E-state index contributed by atoms with van der Waals surface area (Å²) in [6, 6.07) is 6.59. The summed E-state index contributed by atoms with van der Waals surface area (Å²) < 4.78 is 0. The van der Waals surface area contributed by atoms with E-state index in [4.69, 9.17) is 5.11 Å². The monoisotopic (exact) mass is 249 g/mol. The maximum absolute atomic E-state index is 11.5. The average molecular weight is 249 g/mol. The molecule has 98 valence electrons. The molecule has 18 heavy (non-hydrogen) atoms. The number of carbonyl (C=O) groups is 2. The lowest BCUT2D eigenvalue weighted by atomic mass is 10.1. The molecule has 0 unspecified atom stereocenters. The molecule has 4 nitrogen and oxygen atoms in total. The summed E-state index contributed by atoms with van der Waals surface area (Å²) in [5.41, 5.74) is 1.04. The van der Waals surface area contributed by atoms with Gasteiger partial charge in [0.25, 0.3) is 0 Å². The first kappa shape index (κ1) is 14.2. The predicted molar refractivity (Wildman–Crippen MR) is 69.3 cm³/mol. The minimum Gasteiger partial charge on any atom is -0.478 e. The molecule has 0 saturated carbocycles. The summed E-state index contributed by atoms with van der Waals surface area (Å²) in [7, 11) is 0. The van der Waals surface area contributed by atoms with E-state index in [1.54, 1.807) is 18.2 Å². The fourth-order valence-electron chi connectivity index (χ4n) is 1.52. The second-order valence-corrected chi connectivity index (χ2v) is 4.71. The second-order valence-electron chi connectivity index (χ2n) is 4.71. The predicted octanol–water partition coefficient (Wildman–Crippen LogP) is 2.44. The number of carboxylic acids is 1. The van der Waals surface area contributed by atoms with E-state index < -0.39 is 5.97 Å². The molecule has 0 heterocycles. The van der Waals surface area contributed by atoms with E-state index in [0.29, 0.717) is 18.9 Å². The highest BCUT2D eigenvalue weighted by molar-refractivity contribution is 5.87. The van der Waals surface area contributed by atoms with Crippen LogP contribution in [0, 0.1) is 5.92 Å². The third kappa shape index (κ3) is 4.99. The molecule has 0 radical (unpaired) electrons. The first-order valence-electron chi connectivity index (χ1n) is 6.08. The van der Waals surface area contributed by atoms with Gasteiger partial charge in [-0.05, 0) is 30.0 Å². The summed E-state index contributed by atoms with van der Waals surface area (Å²) in [6.45, 7) is 4.52. The normalized spacial score (nSPS) is 10.4. The Morgan fingerprint density at radius 2 is 2.06 bits per heavy atom. The zero-order valence-electron chi connectivity index (χ0n) is 10.8. The molecule has 0 aliphatic heterocycles. The Hall–Kier alpha value is -1.84. The van der Waals surface area contributed by atoms with Crippen LogP contribution >= 0.6 is 0 Å². The first-order valence-corrected chi connectivity index (χ1v) is 6.08. The van der Waals surface area contributed by atoms with E-state index in [0.717, 1.165) is 12.0 Å². The minimum atomic E-state index is -0.956. The van der Waals surface area contributed by atoms with Gasteiger partial charge in [0.15, 0.2) is 0 Å². The Bertz CT molecular complexity index is 427. The molecule has 0 aromatic heterocycles. The van der Waals surface area contributed by atoms with Crippen LogP contribution in [0.4, 0.5) is 0 Å². The van der Waals surface area contributed by atoms with E-state index in [1.165, 1.54) is 6.07 Å². The molecule has 0 fully saturated rings. The van der Waals surface area contributed by atoms with Crippen LogP contribution in [0.5, 0.6) is 0 Å². The van der Waals surface area contributed by atoms with Crippen LogP contribution in [0.2, 0.25) is 0 Å². The van der Waals surface area contributed by atoms with Crippen molar-refractivity contribution in [3.63, 3.8) is 0 Å².